The van der Waals surface area contributed by atoms with Gasteiger partial charge in [-0.25, -0.2) is 4.98 Å². The molecule has 3 aromatic rings. The first-order valence-electron chi connectivity index (χ1n) is 6.91. The minimum atomic E-state index is -0.639. The zero-order valence-electron chi connectivity index (χ0n) is 12.4. The number of carbonyl (C=O) groups is 1. The van der Waals surface area contributed by atoms with Crippen molar-refractivity contribution in [1.29, 1.82) is 0 Å². The number of anilines is 1. The number of nitro groups is 1. The monoisotopic (exact) mass is 485 g/mol. The summed E-state index contributed by atoms with van der Waals surface area (Å²) < 4.78 is 1.11. The van der Waals surface area contributed by atoms with Gasteiger partial charge in [-0.05, 0) is 46.9 Å². The Morgan fingerprint density at radius 2 is 1.96 bits per heavy atom. The summed E-state index contributed by atoms with van der Waals surface area (Å²) in [6.07, 6.45) is 0. The van der Waals surface area contributed by atoms with E-state index in [2.05, 4.69) is 32.9 Å². The summed E-state index contributed by atoms with van der Waals surface area (Å²) in [6, 6.07) is 11.7. The minimum absolute atomic E-state index is 0.0691. The fourth-order valence-corrected chi connectivity index (χ4v) is 3.34. The van der Waals surface area contributed by atoms with Gasteiger partial charge in [-0.3, -0.25) is 20.2 Å². The Morgan fingerprint density at radius 3 is 2.64 bits per heavy atom. The lowest BCUT2D eigenvalue weighted by Gasteiger charge is -2.03. The fourth-order valence-electron chi connectivity index (χ4n) is 2.10. The molecule has 0 saturated carbocycles. The molecule has 1 amide bonds. The third-order valence-electron chi connectivity index (χ3n) is 3.27. The van der Waals surface area contributed by atoms with Crippen LogP contribution in [0.1, 0.15) is 10.4 Å². The van der Waals surface area contributed by atoms with Crippen LogP contribution in [0.3, 0.4) is 0 Å². The number of thiazole rings is 1. The maximum absolute atomic E-state index is 12.3. The van der Waals surface area contributed by atoms with E-state index < -0.39 is 10.8 Å². The highest BCUT2D eigenvalue weighted by atomic mass is 127. The van der Waals surface area contributed by atoms with Crippen molar-refractivity contribution in [2.24, 2.45) is 0 Å². The van der Waals surface area contributed by atoms with Gasteiger partial charge in [-0.1, -0.05) is 23.7 Å². The van der Waals surface area contributed by atoms with Gasteiger partial charge in [0.1, 0.15) is 5.56 Å². The molecule has 0 aliphatic rings. The number of hydrogen-bond donors (Lipinski definition) is 1. The van der Waals surface area contributed by atoms with Crippen LogP contribution >= 0.6 is 45.5 Å². The lowest BCUT2D eigenvalue weighted by atomic mass is 10.1. The molecule has 0 spiro atoms. The first-order valence-corrected chi connectivity index (χ1v) is 9.24. The Kier molecular flexibility index (Phi) is 5.30. The summed E-state index contributed by atoms with van der Waals surface area (Å²) >= 11 is 9.22. The Bertz CT molecular complexity index is 960. The molecule has 0 bridgehead atoms. The Morgan fingerprint density at radius 1 is 1.24 bits per heavy atom. The summed E-state index contributed by atoms with van der Waals surface area (Å²) in [5.74, 6) is -0.605. The number of aromatic nitrogens is 1. The number of amides is 1. The van der Waals surface area contributed by atoms with Gasteiger partial charge in [0.25, 0.3) is 11.6 Å². The molecule has 3 rings (SSSR count). The summed E-state index contributed by atoms with van der Waals surface area (Å²) in [4.78, 5) is 27.2. The number of nitrogens with one attached hydrogen (secondary N) is 1. The van der Waals surface area contributed by atoms with Crippen molar-refractivity contribution in [2.75, 3.05) is 5.32 Å². The topological polar surface area (TPSA) is 85.1 Å². The van der Waals surface area contributed by atoms with Gasteiger partial charge in [-0.15, -0.1) is 11.3 Å². The molecule has 25 heavy (non-hydrogen) atoms. The highest BCUT2D eigenvalue weighted by molar-refractivity contribution is 14.1. The summed E-state index contributed by atoms with van der Waals surface area (Å²) in [6.45, 7) is 0. The van der Waals surface area contributed by atoms with Crippen molar-refractivity contribution < 1.29 is 9.72 Å². The Labute approximate surface area is 165 Å². The second-order valence-corrected chi connectivity index (χ2v) is 7.46. The molecule has 0 unspecified atom stereocenters. The highest BCUT2D eigenvalue weighted by Crippen LogP contribution is 2.28. The number of nitrogens with zero attached hydrogens (tertiary/aromatic N) is 2. The van der Waals surface area contributed by atoms with E-state index in [1.165, 1.54) is 23.5 Å². The second kappa shape index (κ2) is 7.46. The summed E-state index contributed by atoms with van der Waals surface area (Å²) in [5.41, 5.74) is 1.23. The van der Waals surface area contributed by atoms with E-state index in [4.69, 9.17) is 11.6 Å². The number of rotatable bonds is 4. The normalized spacial score (nSPS) is 10.5. The summed E-state index contributed by atoms with van der Waals surface area (Å²) in [7, 11) is 0. The van der Waals surface area contributed by atoms with Gasteiger partial charge in [0, 0.05) is 25.6 Å². The van der Waals surface area contributed by atoms with E-state index in [0.29, 0.717) is 5.13 Å². The summed E-state index contributed by atoms with van der Waals surface area (Å²) in [5, 5.41) is 16.1. The quantitative estimate of drug-likeness (QED) is 0.312. The van der Waals surface area contributed by atoms with Crippen LogP contribution in [0.15, 0.2) is 47.8 Å². The van der Waals surface area contributed by atoms with Crippen LogP contribution in [0.5, 0.6) is 0 Å². The van der Waals surface area contributed by atoms with Crippen LogP contribution in [0.2, 0.25) is 5.02 Å². The molecular weight excluding hydrogens is 477 g/mol. The van der Waals surface area contributed by atoms with Gasteiger partial charge in [0.15, 0.2) is 5.13 Å². The number of carbonyl (C=O) groups excluding carboxylic acids is 1. The highest BCUT2D eigenvalue weighted by Gasteiger charge is 2.21. The van der Waals surface area contributed by atoms with Crippen LogP contribution in [-0.2, 0) is 0 Å². The molecule has 0 aliphatic carbocycles. The lowest BCUT2D eigenvalue weighted by Crippen LogP contribution is -2.13. The van der Waals surface area contributed by atoms with Gasteiger partial charge >= 0.3 is 0 Å². The van der Waals surface area contributed by atoms with Crippen molar-refractivity contribution >= 4 is 62.3 Å². The predicted molar refractivity (Wildman–Crippen MR) is 106 cm³/mol. The van der Waals surface area contributed by atoms with Gasteiger partial charge in [0.05, 0.1) is 10.6 Å². The smallest absolute Gasteiger partial charge is 0.283 e. The number of nitro benzene ring substituents is 1. The van der Waals surface area contributed by atoms with Crippen molar-refractivity contribution in [2.45, 2.75) is 0 Å². The first-order chi connectivity index (χ1) is 11.9. The Balaban J connectivity index is 1.83. The zero-order chi connectivity index (χ0) is 18.0. The lowest BCUT2D eigenvalue weighted by molar-refractivity contribution is -0.385. The van der Waals surface area contributed by atoms with Crippen LogP contribution < -0.4 is 5.32 Å². The first kappa shape index (κ1) is 17.8. The number of hydrogen-bond acceptors (Lipinski definition) is 5. The van der Waals surface area contributed by atoms with Crippen LogP contribution in [0.25, 0.3) is 11.3 Å². The molecule has 6 nitrogen and oxygen atoms in total. The Hall–Kier alpha value is -2.04. The van der Waals surface area contributed by atoms with E-state index >= 15 is 0 Å². The molecule has 2 aromatic carbocycles. The minimum Gasteiger partial charge on any atom is -0.298 e. The van der Waals surface area contributed by atoms with E-state index in [-0.39, 0.29) is 16.3 Å². The maximum atomic E-state index is 12.3. The molecule has 0 aliphatic heterocycles. The van der Waals surface area contributed by atoms with Gasteiger partial charge < -0.3 is 0 Å². The average molecular weight is 486 g/mol. The molecule has 1 heterocycles. The van der Waals surface area contributed by atoms with Crippen LogP contribution in [0, 0.1) is 13.7 Å². The van der Waals surface area contributed by atoms with Crippen LogP contribution in [-0.4, -0.2) is 15.8 Å². The molecule has 0 radical (unpaired) electrons. The van der Waals surface area contributed by atoms with E-state index in [1.54, 1.807) is 0 Å². The number of halogens is 2. The number of benzene rings is 2. The maximum Gasteiger partial charge on any atom is 0.283 e. The molecule has 1 aromatic heterocycles. The average Bonchev–Trinajstić information content (AvgIpc) is 3.03. The van der Waals surface area contributed by atoms with Crippen LogP contribution in [0.4, 0.5) is 10.8 Å². The van der Waals surface area contributed by atoms with Crippen molar-refractivity contribution in [1.82, 2.24) is 4.98 Å². The second-order valence-electron chi connectivity index (χ2n) is 4.92. The molecule has 126 valence electrons. The third kappa shape index (κ3) is 4.14. The van der Waals surface area contributed by atoms with E-state index in [1.807, 2.05) is 29.6 Å². The van der Waals surface area contributed by atoms with Crippen molar-refractivity contribution in [3.8, 4) is 11.3 Å². The van der Waals surface area contributed by atoms with Crippen molar-refractivity contribution in [3.63, 3.8) is 0 Å². The molecule has 1 N–H and O–H groups in total. The molecular formula is C16H9ClIN3O3S. The van der Waals surface area contributed by atoms with Gasteiger partial charge in [0.2, 0.25) is 0 Å². The van der Waals surface area contributed by atoms with Crippen molar-refractivity contribution in [3.05, 3.63) is 72.1 Å². The van der Waals surface area contributed by atoms with E-state index in [0.717, 1.165) is 20.9 Å². The van der Waals surface area contributed by atoms with Gasteiger partial charge in [-0.2, -0.15) is 0 Å². The third-order valence-corrected chi connectivity index (χ3v) is 4.98. The fraction of sp³-hybridized carbons (Fsp3) is 0. The standard InChI is InChI=1S/C16H9ClIN3O3S/c17-10-3-6-12(14(7-10)21(23)24)15(22)20-16-19-13(8-25-16)9-1-4-11(18)5-2-9/h1-8H,(H,19,20,22). The molecule has 0 fully saturated rings. The molecule has 9 heteroatoms. The molecule has 0 atom stereocenters. The predicted octanol–water partition coefficient (Wildman–Crippen LogP) is 5.23. The largest absolute Gasteiger partial charge is 0.298 e. The zero-order valence-corrected chi connectivity index (χ0v) is 16.1. The van der Waals surface area contributed by atoms with E-state index in [9.17, 15) is 14.9 Å². The SMILES string of the molecule is O=C(Nc1nc(-c2ccc(I)cc2)cs1)c1ccc(Cl)cc1[N+](=O)[O-]. The molecule has 0 saturated heterocycles.